The van der Waals surface area contributed by atoms with Gasteiger partial charge in [0.25, 0.3) is 5.91 Å². The largest absolute Gasteiger partial charge is 0.481 e. The summed E-state index contributed by atoms with van der Waals surface area (Å²) in [4.78, 5) is 36.6. The van der Waals surface area contributed by atoms with Crippen molar-refractivity contribution in [2.75, 3.05) is 19.7 Å². The van der Waals surface area contributed by atoms with E-state index in [-0.39, 0.29) is 25.5 Å². The third kappa shape index (κ3) is 4.88. The lowest BCUT2D eigenvalue weighted by Crippen LogP contribution is -2.54. The SMILES string of the molecule is O=C(O)C[C@@H]1CCCCN1C(=O)C(F)(F)CNC(=O)OCC1c2ccccc2-c2ccccc21. The molecule has 7 nitrogen and oxygen atoms in total. The van der Waals surface area contributed by atoms with Crippen LogP contribution in [0, 0.1) is 0 Å². The Morgan fingerprint density at radius 3 is 2.26 bits per heavy atom. The lowest BCUT2D eigenvalue weighted by Gasteiger charge is -2.36. The van der Waals surface area contributed by atoms with E-state index in [2.05, 4.69) is 0 Å². The smallest absolute Gasteiger partial charge is 0.407 e. The summed E-state index contributed by atoms with van der Waals surface area (Å²) in [6.07, 6.45) is 0.119. The molecule has 0 bridgehead atoms. The number of aliphatic carboxylic acids is 1. The number of alkyl carbamates (subject to hydrolysis) is 1. The van der Waals surface area contributed by atoms with Crippen molar-refractivity contribution in [2.24, 2.45) is 0 Å². The van der Waals surface area contributed by atoms with Gasteiger partial charge in [0.05, 0.1) is 13.0 Å². The minimum Gasteiger partial charge on any atom is -0.481 e. The number of carbonyl (C=O) groups excluding carboxylic acids is 2. The zero-order valence-corrected chi connectivity index (χ0v) is 18.5. The van der Waals surface area contributed by atoms with Crippen LogP contribution in [0.15, 0.2) is 48.5 Å². The summed E-state index contributed by atoms with van der Waals surface area (Å²) in [5, 5.41) is 11.0. The van der Waals surface area contributed by atoms with E-state index < -0.39 is 36.5 Å². The van der Waals surface area contributed by atoms with E-state index in [1.807, 2.05) is 53.8 Å². The second-order valence-corrected chi connectivity index (χ2v) is 8.63. The highest BCUT2D eigenvalue weighted by Crippen LogP contribution is 2.44. The zero-order chi connectivity index (χ0) is 24.3. The number of amides is 2. The van der Waals surface area contributed by atoms with Gasteiger partial charge in [-0.05, 0) is 41.5 Å². The minimum absolute atomic E-state index is 0.0355. The van der Waals surface area contributed by atoms with Crippen LogP contribution < -0.4 is 5.32 Å². The van der Waals surface area contributed by atoms with E-state index in [9.17, 15) is 23.2 Å². The molecule has 34 heavy (non-hydrogen) atoms. The fourth-order valence-corrected chi connectivity index (χ4v) is 4.80. The van der Waals surface area contributed by atoms with Gasteiger partial charge in [0.1, 0.15) is 6.61 Å². The lowest BCUT2D eigenvalue weighted by molar-refractivity contribution is -0.161. The summed E-state index contributed by atoms with van der Waals surface area (Å²) in [6, 6.07) is 14.7. The molecule has 180 valence electrons. The first-order chi connectivity index (χ1) is 16.3. The van der Waals surface area contributed by atoms with Crippen molar-refractivity contribution in [2.45, 2.75) is 43.6 Å². The number of rotatable bonds is 7. The molecule has 0 spiro atoms. The van der Waals surface area contributed by atoms with E-state index in [4.69, 9.17) is 9.84 Å². The number of fused-ring (bicyclic) bond motifs is 3. The van der Waals surface area contributed by atoms with Crippen molar-refractivity contribution in [1.82, 2.24) is 10.2 Å². The van der Waals surface area contributed by atoms with Gasteiger partial charge in [0.15, 0.2) is 0 Å². The van der Waals surface area contributed by atoms with Crippen LogP contribution in [-0.4, -0.2) is 59.6 Å². The molecule has 2 aliphatic rings. The van der Waals surface area contributed by atoms with E-state index in [0.717, 1.165) is 27.2 Å². The highest BCUT2D eigenvalue weighted by Gasteiger charge is 2.45. The molecule has 1 atom stereocenters. The maximum Gasteiger partial charge on any atom is 0.407 e. The Kier molecular flexibility index (Phi) is 6.81. The molecular formula is C25H26F2N2O5. The highest BCUT2D eigenvalue weighted by molar-refractivity contribution is 5.85. The first-order valence-electron chi connectivity index (χ1n) is 11.3. The molecule has 0 aromatic heterocycles. The number of carbonyl (C=O) groups is 3. The molecule has 1 heterocycles. The van der Waals surface area contributed by atoms with Crippen LogP contribution in [0.1, 0.15) is 42.7 Å². The van der Waals surface area contributed by atoms with Gasteiger partial charge in [0, 0.05) is 18.5 Å². The number of benzene rings is 2. The number of ether oxygens (including phenoxy) is 1. The van der Waals surface area contributed by atoms with E-state index in [1.165, 1.54) is 0 Å². The number of hydrogen-bond acceptors (Lipinski definition) is 4. The molecule has 2 aromatic rings. The van der Waals surface area contributed by atoms with Gasteiger partial charge in [-0.2, -0.15) is 8.78 Å². The standard InChI is InChI=1S/C25H26F2N2O5/c26-25(27,23(32)29-12-6-5-7-16(29)13-22(30)31)15-28-24(33)34-14-21-19-10-3-1-8-17(19)18-9-2-4-11-20(18)21/h1-4,8-11,16,21H,5-7,12-15H2,(H,28,33)(H,30,31)/t16-/m0/s1. The van der Waals surface area contributed by atoms with Gasteiger partial charge < -0.3 is 20.1 Å². The number of likely N-dealkylation sites (tertiary alicyclic amines) is 1. The predicted octanol–water partition coefficient (Wildman–Crippen LogP) is 4.02. The Hall–Kier alpha value is -3.49. The number of halogens is 2. The Labute approximate surface area is 195 Å². The number of nitrogens with zero attached hydrogens (tertiary/aromatic N) is 1. The van der Waals surface area contributed by atoms with Gasteiger partial charge >= 0.3 is 18.0 Å². The van der Waals surface area contributed by atoms with Crippen molar-refractivity contribution >= 4 is 18.0 Å². The summed E-state index contributed by atoms with van der Waals surface area (Å²) >= 11 is 0. The molecule has 1 saturated heterocycles. The third-order valence-electron chi connectivity index (χ3n) is 6.41. The molecule has 1 aliphatic carbocycles. The molecule has 0 unspecified atom stereocenters. The second kappa shape index (κ2) is 9.79. The fourth-order valence-electron chi connectivity index (χ4n) is 4.80. The Balaban J connectivity index is 1.35. The van der Waals surface area contributed by atoms with Crippen molar-refractivity contribution in [3.05, 3.63) is 59.7 Å². The predicted molar refractivity (Wildman–Crippen MR) is 120 cm³/mol. The lowest BCUT2D eigenvalue weighted by atomic mass is 9.98. The van der Waals surface area contributed by atoms with Gasteiger partial charge in [-0.25, -0.2) is 4.79 Å². The molecule has 1 aliphatic heterocycles. The van der Waals surface area contributed by atoms with Crippen LogP contribution in [-0.2, 0) is 14.3 Å². The summed E-state index contributed by atoms with van der Waals surface area (Å²) in [5.74, 6) is -6.72. The molecule has 1 fully saturated rings. The van der Waals surface area contributed by atoms with E-state index >= 15 is 0 Å². The first-order valence-corrected chi connectivity index (χ1v) is 11.3. The van der Waals surface area contributed by atoms with Crippen molar-refractivity contribution in [3.63, 3.8) is 0 Å². The summed E-state index contributed by atoms with van der Waals surface area (Å²) in [5.41, 5.74) is 4.07. The molecule has 2 amide bonds. The highest BCUT2D eigenvalue weighted by atomic mass is 19.3. The molecule has 0 saturated carbocycles. The fraction of sp³-hybridized carbons (Fsp3) is 0.400. The molecule has 9 heteroatoms. The van der Waals surface area contributed by atoms with Crippen LogP contribution >= 0.6 is 0 Å². The maximum atomic E-state index is 14.6. The minimum atomic E-state index is -3.88. The summed E-state index contributed by atoms with van der Waals surface area (Å²) in [7, 11) is 0. The number of alkyl halides is 2. The number of hydrogen-bond donors (Lipinski definition) is 2. The van der Waals surface area contributed by atoms with Gasteiger partial charge in [-0.1, -0.05) is 48.5 Å². The molecule has 0 radical (unpaired) electrons. The molecule has 2 N–H and O–H groups in total. The first kappa shape index (κ1) is 23.7. The van der Waals surface area contributed by atoms with Crippen LogP contribution in [0.25, 0.3) is 11.1 Å². The van der Waals surface area contributed by atoms with Gasteiger partial charge in [0.2, 0.25) is 0 Å². The van der Waals surface area contributed by atoms with E-state index in [1.54, 1.807) is 0 Å². The Morgan fingerprint density at radius 2 is 1.65 bits per heavy atom. The van der Waals surface area contributed by atoms with Crippen molar-refractivity contribution in [1.29, 1.82) is 0 Å². The van der Waals surface area contributed by atoms with Crippen LogP contribution in [0.4, 0.5) is 13.6 Å². The summed E-state index contributed by atoms with van der Waals surface area (Å²) in [6.45, 7) is -1.19. The molecular weight excluding hydrogens is 446 g/mol. The van der Waals surface area contributed by atoms with Crippen LogP contribution in [0.3, 0.4) is 0 Å². The van der Waals surface area contributed by atoms with Crippen molar-refractivity contribution in [3.8, 4) is 11.1 Å². The maximum absolute atomic E-state index is 14.6. The Morgan fingerprint density at radius 1 is 1.03 bits per heavy atom. The monoisotopic (exact) mass is 472 g/mol. The topological polar surface area (TPSA) is 95.9 Å². The average Bonchev–Trinajstić information content (AvgIpc) is 3.15. The normalized spacial score (nSPS) is 17.6. The molecule has 4 rings (SSSR count). The molecule has 2 aromatic carbocycles. The zero-order valence-electron chi connectivity index (χ0n) is 18.5. The van der Waals surface area contributed by atoms with Gasteiger partial charge in [-0.15, -0.1) is 0 Å². The number of carboxylic acids is 1. The van der Waals surface area contributed by atoms with Crippen molar-refractivity contribution < 1.29 is 33.0 Å². The number of nitrogens with one attached hydrogen (secondary N) is 1. The Bertz CT molecular complexity index is 1040. The van der Waals surface area contributed by atoms with E-state index in [0.29, 0.717) is 19.3 Å². The van der Waals surface area contributed by atoms with Gasteiger partial charge in [-0.3, -0.25) is 9.59 Å². The van der Waals surface area contributed by atoms with Crippen LogP contribution in [0.2, 0.25) is 0 Å². The van der Waals surface area contributed by atoms with Crippen LogP contribution in [0.5, 0.6) is 0 Å². The second-order valence-electron chi connectivity index (χ2n) is 8.63. The average molecular weight is 472 g/mol. The summed E-state index contributed by atoms with van der Waals surface area (Å²) < 4.78 is 34.4. The quantitative estimate of drug-likeness (QED) is 0.635. The number of carboxylic acid groups (broad SMARTS) is 1. The third-order valence-corrected chi connectivity index (χ3v) is 6.41. The number of piperidine rings is 1.